The zero-order valence-corrected chi connectivity index (χ0v) is 18.9. The summed E-state index contributed by atoms with van der Waals surface area (Å²) >= 11 is 0. The van der Waals surface area contributed by atoms with E-state index in [9.17, 15) is 22.8 Å². The molecule has 0 radical (unpaired) electrons. The minimum atomic E-state index is -4.61. The smallest absolute Gasteiger partial charge is 0.432 e. The average Bonchev–Trinajstić information content (AvgIpc) is 2.70. The normalized spacial score (nSPS) is 16.5. The van der Waals surface area contributed by atoms with E-state index in [1.54, 1.807) is 27.7 Å². The van der Waals surface area contributed by atoms with Crippen LogP contribution in [0.15, 0.2) is 47.2 Å². The van der Waals surface area contributed by atoms with Gasteiger partial charge in [-0.25, -0.2) is 9.59 Å². The van der Waals surface area contributed by atoms with Crippen LogP contribution in [0.1, 0.15) is 44.7 Å². The van der Waals surface area contributed by atoms with Gasteiger partial charge in [0.1, 0.15) is 24.0 Å². The molecule has 0 fully saturated rings. The van der Waals surface area contributed by atoms with Crippen LogP contribution in [-0.4, -0.2) is 38.7 Å². The third-order valence-electron chi connectivity index (χ3n) is 4.41. The molecule has 2 rings (SSSR count). The molecule has 1 aliphatic rings. The van der Waals surface area contributed by atoms with Crippen molar-refractivity contribution in [2.75, 3.05) is 20.3 Å². The Kier molecular flexibility index (Phi) is 8.75. The number of methoxy groups -OCH3 is 1. The molecule has 0 saturated heterocycles. The first-order chi connectivity index (χ1) is 15.4. The van der Waals surface area contributed by atoms with Gasteiger partial charge in [-0.05, 0) is 39.3 Å². The molecule has 8 nitrogen and oxygen atoms in total. The van der Waals surface area contributed by atoms with Gasteiger partial charge in [0.05, 0.1) is 29.7 Å². The molecule has 182 valence electrons. The molecular formula is C22H26F3NO7. The zero-order valence-electron chi connectivity index (χ0n) is 18.9. The number of hydrogen-bond acceptors (Lipinski definition) is 8. The highest BCUT2D eigenvalue weighted by atomic mass is 19.4. The molecule has 1 unspecified atom stereocenters. The van der Waals surface area contributed by atoms with Crippen molar-refractivity contribution in [2.45, 2.75) is 45.9 Å². The molecule has 1 atom stereocenters. The van der Waals surface area contributed by atoms with Crippen molar-refractivity contribution in [1.29, 1.82) is 0 Å². The van der Waals surface area contributed by atoms with E-state index < -0.39 is 36.1 Å². The molecule has 1 N–H and O–H groups in total. The molecule has 1 aromatic carbocycles. The van der Waals surface area contributed by atoms with Crippen LogP contribution in [0, 0.1) is 0 Å². The van der Waals surface area contributed by atoms with Crippen LogP contribution < -0.4 is 5.32 Å². The van der Waals surface area contributed by atoms with E-state index in [0.717, 1.165) is 12.1 Å². The highest BCUT2D eigenvalue weighted by molar-refractivity contribution is 5.65. The van der Waals surface area contributed by atoms with Gasteiger partial charge in [-0.15, -0.1) is 0 Å². The highest BCUT2D eigenvalue weighted by Gasteiger charge is 2.38. The number of dihydropyridines is 1. The lowest BCUT2D eigenvalue weighted by Gasteiger charge is -2.30. The number of halogens is 3. The second kappa shape index (κ2) is 11.1. The molecule has 0 bridgehead atoms. The summed E-state index contributed by atoms with van der Waals surface area (Å²) < 4.78 is 65.5. The van der Waals surface area contributed by atoms with Gasteiger partial charge in [0.15, 0.2) is 0 Å². The summed E-state index contributed by atoms with van der Waals surface area (Å²) in [7, 11) is 1.42. The van der Waals surface area contributed by atoms with Gasteiger partial charge >= 0.3 is 18.5 Å². The minimum absolute atomic E-state index is 0.0785. The molecule has 0 amide bonds. The summed E-state index contributed by atoms with van der Waals surface area (Å²) in [5, 5.41) is 2.90. The number of rotatable bonds is 7. The summed E-state index contributed by atoms with van der Waals surface area (Å²) in [6.45, 7) is 6.38. The zero-order chi connectivity index (χ0) is 24.8. The van der Waals surface area contributed by atoms with Crippen molar-refractivity contribution < 1.29 is 46.4 Å². The van der Waals surface area contributed by atoms with Crippen molar-refractivity contribution >= 4 is 12.3 Å². The maximum absolute atomic E-state index is 13.4. The Balaban J connectivity index is 2.50. The van der Waals surface area contributed by atoms with Crippen molar-refractivity contribution in [2.24, 2.45) is 0 Å². The molecule has 0 saturated carbocycles. The largest absolute Gasteiger partial charge is 0.513 e. The Bertz CT molecular complexity index is 938. The van der Waals surface area contributed by atoms with E-state index in [1.807, 2.05) is 0 Å². The number of hydrogen-bond donors (Lipinski definition) is 1. The second-order valence-electron chi connectivity index (χ2n) is 7.37. The fourth-order valence-electron chi connectivity index (χ4n) is 3.06. The highest BCUT2D eigenvalue weighted by Crippen LogP contribution is 2.41. The number of carbonyl (C=O) groups is 2. The lowest BCUT2D eigenvalue weighted by atomic mass is 9.89. The van der Waals surface area contributed by atoms with Crippen molar-refractivity contribution in [3.05, 3.63) is 58.3 Å². The Morgan fingerprint density at radius 3 is 2.18 bits per heavy atom. The molecular weight excluding hydrogens is 447 g/mol. The van der Waals surface area contributed by atoms with Gasteiger partial charge < -0.3 is 29.0 Å². The molecule has 0 aromatic heterocycles. The van der Waals surface area contributed by atoms with Crippen LogP contribution in [0.25, 0.3) is 0 Å². The van der Waals surface area contributed by atoms with E-state index in [0.29, 0.717) is 11.4 Å². The molecule has 33 heavy (non-hydrogen) atoms. The number of alkyl halides is 3. The maximum atomic E-state index is 13.4. The quantitative estimate of drug-likeness (QED) is 0.426. The first-order valence-electron chi connectivity index (χ1n) is 10.0. The van der Waals surface area contributed by atoms with E-state index in [4.69, 9.17) is 23.7 Å². The number of allylic oxidation sites excluding steroid dienone is 2. The van der Waals surface area contributed by atoms with Gasteiger partial charge in [-0.2, -0.15) is 13.2 Å². The minimum Gasteiger partial charge on any atom is -0.432 e. The number of nitrogens with one attached hydrogen (secondary N) is 1. The third kappa shape index (κ3) is 7.14. The average molecular weight is 473 g/mol. The number of carbonyl (C=O) groups excluding carboxylic acids is 2. The van der Waals surface area contributed by atoms with Gasteiger partial charge in [0.2, 0.25) is 0 Å². The predicted octanol–water partition coefficient (Wildman–Crippen LogP) is 5.22. The van der Waals surface area contributed by atoms with Gasteiger partial charge in [-0.3, -0.25) is 0 Å². The molecule has 1 heterocycles. The topological polar surface area (TPSA) is 92.3 Å². The Morgan fingerprint density at radius 2 is 1.64 bits per heavy atom. The maximum Gasteiger partial charge on any atom is 0.513 e. The van der Waals surface area contributed by atoms with Gasteiger partial charge in [0.25, 0.3) is 0 Å². The summed E-state index contributed by atoms with van der Waals surface area (Å²) in [5.74, 6) is -1.33. The summed E-state index contributed by atoms with van der Waals surface area (Å²) in [4.78, 5) is 24.4. The van der Waals surface area contributed by atoms with Crippen LogP contribution in [0.3, 0.4) is 0 Å². The van der Waals surface area contributed by atoms with Crippen molar-refractivity contribution in [3.63, 3.8) is 0 Å². The third-order valence-corrected chi connectivity index (χ3v) is 4.41. The molecule has 1 aromatic rings. The SMILES string of the molecule is COCCOC(=O)OC1=C(C)NC(C)=C(OC(=O)OC(C)C)C1c1cccc(C(F)(F)F)c1. The van der Waals surface area contributed by atoms with Gasteiger partial charge in [-0.1, -0.05) is 18.2 Å². The van der Waals surface area contributed by atoms with Crippen LogP contribution in [0.4, 0.5) is 22.8 Å². The Morgan fingerprint density at radius 1 is 1.03 bits per heavy atom. The van der Waals surface area contributed by atoms with E-state index >= 15 is 0 Å². The van der Waals surface area contributed by atoms with E-state index in [2.05, 4.69) is 5.32 Å². The lowest BCUT2D eigenvalue weighted by Crippen LogP contribution is -2.30. The summed E-state index contributed by atoms with van der Waals surface area (Å²) in [6, 6.07) is 4.42. The number of benzene rings is 1. The van der Waals surface area contributed by atoms with Crippen LogP contribution in [0.5, 0.6) is 0 Å². The Hall–Kier alpha value is -3.21. The monoisotopic (exact) mass is 473 g/mol. The first-order valence-corrected chi connectivity index (χ1v) is 10.0. The van der Waals surface area contributed by atoms with E-state index in [-0.39, 0.29) is 30.3 Å². The second-order valence-corrected chi connectivity index (χ2v) is 7.37. The van der Waals surface area contributed by atoms with Crippen molar-refractivity contribution in [1.82, 2.24) is 5.32 Å². The van der Waals surface area contributed by atoms with Crippen LogP contribution in [-0.2, 0) is 29.9 Å². The van der Waals surface area contributed by atoms with Crippen LogP contribution in [0.2, 0.25) is 0 Å². The fraction of sp³-hybridized carbons (Fsp3) is 0.455. The standard InChI is InChI=1S/C22H26F3NO7/c1-12(2)31-21(28)33-19-14(4)26-13(3)18(32-20(27)30-10-9-29-5)17(19)15-7-6-8-16(11-15)22(23,24)25/h6-8,11-12,17,26H,9-10H2,1-5H3. The van der Waals surface area contributed by atoms with Crippen LogP contribution >= 0.6 is 0 Å². The number of ether oxygens (including phenoxy) is 5. The van der Waals surface area contributed by atoms with E-state index in [1.165, 1.54) is 19.2 Å². The fourth-order valence-corrected chi connectivity index (χ4v) is 3.06. The van der Waals surface area contributed by atoms with Crippen molar-refractivity contribution in [3.8, 4) is 0 Å². The molecule has 11 heteroatoms. The first kappa shape index (κ1) is 26.0. The summed E-state index contributed by atoms with van der Waals surface area (Å²) in [5.41, 5.74) is -0.184. The Labute approximate surface area is 189 Å². The molecule has 0 spiro atoms. The lowest BCUT2D eigenvalue weighted by molar-refractivity contribution is -0.137. The predicted molar refractivity (Wildman–Crippen MR) is 110 cm³/mol. The molecule has 1 aliphatic heterocycles. The summed E-state index contributed by atoms with van der Waals surface area (Å²) in [6.07, 6.45) is -7.26. The molecule has 0 aliphatic carbocycles. The van der Waals surface area contributed by atoms with Gasteiger partial charge in [0, 0.05) is 7.11 Å².